The molecule has 1 fully saturated rings. The number of rotatable bonds is 2. The van der Waals surface area contributed by atoms with E-state index in [1.807, 2.05) is 0 Å². The minimum absolute atomic E-state index is 0.331. The molecule has 3 N–H and O–H groups in total. The average Bonchev–Trinajstić information content (AvgIpc) is 2.78. The zero-order chi connectivity index (χ0) is 14.8. The Labute approximate surface area is 112 Å². The number of hydrogen-bond donors (Lipinski definition) is 3. The van der Waals surface area contributed by atoms with Crippen LogP contribution in [0, 0.1) is 0 Å². The van der Waals surface area contributed by atoms with Gasteiger partial charge in [0, 0.05) is 12.6 Å². The van der Waals surface area contributed by atoms with Gasteiger partial charge in [-0.05, 0) is 19.3 Å². The molecule has 1 aliphatic rings. The largest absolute Gasteiger partial charge is 0.432 e. The SMILES string of the molecule is O=C(N[C@@H]1CCCCNC1=O)c1cc(C(F)(F)F)[nH]n1. The van der Waals surface area contributed by atoms with Gasteiger partial charge in [-0.15, -0.1) is 0 Å². The third-order valence-corrected chi connectivity index (χ3v) is 2.96. The molecular formula is C11H13F3N4O2. The Morgan fingerprint density at radius 2 is 2.15 bits per heavy atom. The van der Waals surface area contributed by atoms with Gasteiger partial charge in [0.2, 0.25) is 5.91 Å². The number of carbonyl (C=O) groups excluding carboxylic acids is 2. The lowest BCUT2D eigenvalue weighted by Crippen LogP contribution is -2.45. The van der Waals surface area contributed by atoms with Gasteiger partial charge in [0.15, 0.2) is 5.69 Å². The molecule has 0 saturated carbocycles. The summed E-state index contributed by atoms with van der Waals surface area (Å²) in [5.74, 6) is -1.14. The number of nitrogens with one attached hydrogen (secondary N) is 3. The minimum atomic E-state index is -4.59. The Balaban J connectivity index is 2.04. The minimum Gasteiger partial charge on any atom is -0.354 e. The molecule has 0 bridgehead atoms. The number of hydrogen-bond acceptors (Lipinski definition) is 3. The lowest BCUT2D eigenvalue weighted by Gasteiger charge is -2.13. The summed E-state index contributed by atoms with van der Waals surface area (Å²) in [5.41, 5.74) is -1.50. The summed E-state index contributed by atoms with van der Waals surface area (Å²) < 4.78 is 37.1. The van der Waals surface area contributed by atoms with Crippen molar-refractivity contribution < 1.29 is 22.8 Å². The van der Waals surface area contributed by atoms with E-state index in [-0.39, 0.29) is 5.91 Å². The second-order valence-corrected chi connectivity index (χ2v) is 4.48. The van der Waals surface area contributed by atoms with E-state index < -0.39 is 29.5 Å². The lowest BCUT2D eigenvalue weighted by molar-refractivity contribution is -0.141. The zero-order valence-electron chi connectivity index (χ0n) is 10.4. The van der Waals surface area contributed by atoms with Crippen LogP contribution in [0.1, 0.15) is 35.4 Å². The van der Waals surface area contributed by atoms with Crippen molar-refractivity contribution in [3.05, 3.63) is 17.5 Å². The first-order chi connectivity index (χ1) is 9.38. The van der Waals surface area contributed by atoms with Crippen LogP contribution >= 0.6 is 0 Å². The molecule has 6 nitrogen and oxygen atoms in total. The highest BCUT2D eigenvalue weighted by atomic mass is 19.4. The summed E-state index contributed by atoms with van der Waals surface area (Å²) in [7, 11) is 0. The molecule has 1 saturated heterocycles. The van der Waals surface area contributed by atoms with Crippen LogP contribution in [0.3, 0.4) is 0 Å². The Hall–Kier alpha value is -2.06. The van der Waals surface area contributed by atoms with Gasteiger partial charge < -0.3 is 10.6 Å². The van der Waals surface area contributed by atoms with E-state index >= 15 is 0 Å². The van der Waals surface area contributed by atoms with Gasteiger partial charge in [-0.1, -0.05) is 0 Å². The predicted octanol–water partition coefficient (Wildman–Crippen LogP) is 0.827. The van der Waals surface area contributed by atoms with Gasteiger partial charge in [-0.2, -0.15) is 18.3 Å². The molecule has 1 aliphatic heterocycles. The Morgan fingerprint density at radius 3 is 2.80 bits per heavy atom. The van der Waals surface area contributed by atoms with Crippen LogP contribution in [-0.2, 0) is 11.0 Å². The zero-order valence-corrected chi connectivity index (χ0v) is 10.4. The van der Waals surface area contributed by atoms with Crippen LogP contribution in [-0.4, -0.2) is 34.6 Å². The number of nitrogens with zero attached hydrogens (tertiary/aromatic N) is 1. The van der Waals surface area contributed by atoms with Crippen molar-refractivity contribution in [2.45, 2.75) is 31.5 Å². The molecule has 110 valence electrons. The van der Waals surface area contributed by atoms with Crippen LogP contribution < -0.4 is 10.6 Å². The number of halogens is 3. The summed E-state index contributed by atoms with van der Waals surface area (Å²) in [6.07, 6.45) is -2.59. The van der Waals surface area contributed by atoms with Crippen molar-refractivity contribution in [3.8, 4) is 0 Å². The maximum atomic E-state index is 12.4. The van der Waals surface area contributed by atoms with E-state index in [2.05, 4.69) is 15.7 Å². The van der Waals surface area contributed by atoms with Gasteiger partial charge in [0.1, 0.15) is 11.7 Å². The third-order valence-electron chi connectivity index (χ3n) is 2.96. The summed E-state index contributed by atoms with van der Waals surface area (Å²) >= 11 is 0. The van der Waals surface area contributed by atoms with Gasteiger partial charge in [0.25, 0.3) is 5.91 Å². The number of aromatic nitrogens is 2. The monoisotopic (exact) mass is 290 g/mol. The molecule has 0 aromatic carbocycles. The Morgan fingerprint density at radius 1 is 1.40 bits per heavy atom. The van der Waals surface area contributed by atoms with Crippen LogP contribution in [0.2, 0.25) is 0 Å². The molecule has 0 radical (unpaired) electrons. The van der Waals surface area contributed by atoms with Crippen molar-refractivity contribution in [1.29, 1.82) is 0 Å². The molecule has 1 atom stereocenters. The summed E-state index contributed by atoms with van der Waals surface area (Å²) in [6, 6.07) is -0.125. The quantitative estimate of drug-likeness (QED) is 0.754. The second-order valence-electron chi connectivity index (χ2n) is 4.48. The van der Waals surface area contributed by atoms with Crippen LogP contribution in [0.5, 0.6) is 0 Å². The summed E-state index contributed by atoms with van der Waals surface area (Å²) in [4.78, 5) is 23.4. The van der Waals surface area contributed by atoms with Crippen molar-refractivity contribution in [1.82, 2.24) is 20.8 Å². The fourth-order valence-corrected chi connectivity index (χ4v) is 1.89. The highest BCUT2D eigenvalue weighted by Gasteiger charge is 2.34. The fourth-order valence-electron chi connectivity index (χ4n) is 1.89. The molecular weight excluding hydrogens is 277 g/mol. The van der Waals surface area contributed by atoms with E-state index in [0.717, 1.165) is 12.8 Å². The first kappa shape index (κ1) is 14.4. The normalized spacial score (nSPS) is 20.1. The first-order valence-electron chi connectivity index (χ1n) is 6.09. The smallest absolute Gasteiger partial charge is 0.354 e. The number of amides is 2. The molecule has 0 aliphatic carbocycles. The molecule has 2 amide bonds. The molecule has 0 spiro atoms. The topological polar surface area (TPSA) is 86.9 Å². The summed E-state index contributed by atoms with van der Waals surface area (Å²) in [6.45, 7) is 0.534. The molecule has 2 heterocycles. The lowest BCUT2D eigenvalue weighted by atomic mass is 10.1. The van der Waals surface area contributed by atoms with Gasteiger partial charge in [-0.3, -0.25) is 14.7 Å². The molecule has 20 heavy (non-hydrogen) atoms. The molecule has 9 heteroatoms. The van der Waals surface area contributed by atoms with E-state index in [0.29, 0.717) is 19.0 Å². The fraction of sp³-hybridized carbons (Fsp3) is 0.545. The van der Waals surface area contributed by atoms with E-state index in [1.165, 1.54) is 0 Å². The van der Waals surface area contributed by atoms with Crippen molar-refractivity contribution >= 4 is 11.8 Å². The number of carbonyl (C=O) groups is 2. The maximum absolute atomic E-state index is 12.4. The summed E-state index contributed by atoms with van der Waals surface area (Å²) in [5, 5.41) is 10.1. The van der Waals surface area contributed by atoms with Crippen molar-refractivity contribution in [2.75, 3.05) is 6.54 Å². The van der Waals surface area contributed by atoms with Crippen molar-refractivity contribution in [3.63, 3.8) is 0 Å². The van der Waals surface area contributed by atoms with Crippen LogP contribution in [0.4, 0.5) is 13.2 Å². The molecule has 0 unspecified atom stereocenters. The third kappa shape index (κ3) is 3.28. The van der Waals surface area contributed by atoms with Gasteiger partial charge in [0.05, 0.1) is 0 Å². The standard InChI is InChI=1S/C11H13F3N4O2/c12-11(13,14)8-5-7(17-18-8)10(20)16-6-3-1-2-4-15-9(6)19/h5-6H,1-4H2,(H,15,19)(H,16,20)(H,17,18)/t6-/m1/s1. The van der Waals surface area contributed by atoms with Gasteiger partial charge in [-0.25, -0.2) is 0 Å². The van der Waals surface area contributed by atoms with Crippen LogP contribution in [0.15, 0.2) is 6.07 Å². The maximum Gasteiger partial charge on any atom is 0.432 e. The van der Waals surface area contributed by atoms with Crippen LogP contribution in [0.25, 0.3) is 0 Å². The number of aromatic amines is 1. The number of H-pyrrole nitrogens is 1. The van der Waals surface area contributed by atoms with Gasteiger partial charge >= 0.3 is 6.18 Å². The highest BCUT2D eigenvalue weighted by Crippen LogP contribution is 2.27. The molecule has 2 rings (SSSR count). The highest BCUT2D eigenvalue weighted by molar-refractivity contribution is 5.96. The first-order valence-corrected chi connectivity index (χ1v) is 6.09. The van der Waals surface area contributed by atoms with Crippen molar-refractivity contribution in [2.24, 2.45) is 0 Å². The second kappa shape index (κ2) is 5.51. The van der Waals surface area contributed by atoms with E-state index in [1.54, 1.807) is 5.10 Å². The predicted molar refractivity (Wildman–Crippen MR) is 61.7 cm³/mol. The van der Waals surface area contributed by atoms with E-state index in [9.17, 15) is 22.8 Å². The molecule has 1 aromatic heterocycles. The molecule has 1 aromatic rings. The average molecular weight is 290 g/mol. The Bertz CT molecular complexity index is 512. The van der Waals surface area contributed by atoms with E-state index in [4.69, 9.17) is 0 Å². The number of alkyl halides is 3. The Kier molecular flexibility index (Phi) is 3.96.